The quantitative estimate of drug-likeness (QED) is 0.901. The summed E-state index contributed by atoms with van der Waals surface area (Å²) < 4.78 is 10.8. The second-order valence-corrected chi connectivity index (χ2v) is 6.31. The molecule has 21 heavy (non-hydrogen) atoms. The second-order valence-electron chi connectivity index (χ2n) is 6.31. The summed E-state index contributed by atoms with van der Waals surface area (Å²) in [6, 6.07) is 3.72. The molecule has 1 aromatic rings. The predicted octanol–water partition coefficient (Wildman–Crippen LogP) is 1.95. The summed E-state index contributed by atoms with van der Waals surface area (Å²) in [7, 11) is 3.30. The lowest BCUT2D eigenvalue weighted by Crippen LogP contribution is -2.68. The molecule has 0 bridgehead atoms. The molecule has 2 rings (SSSR count). The van der Waals surface area contributed by atoms with Crippen LogP contribution in [0, 0.1) is 5.41 Å². The first kappa shape index (κ1) is 15.8. The van der Waals surface area contributed by atoms with Gasteiger partial charge in [0.15, 0.2) is 0 Å². The lowest BCUT2D eigenvalue weighted by Gasteiger charge is -2.59. The summed E-state index contributed by atoms with van der Waals surface area (Å²) in [4.78, 5) is 16.4. The molecule has 1 fully saturated rings. The van der Waals surface area contributed by atoms with Crippen molar-refractivity contribution < 1.29 is 14.3 Å². The Hall–Kier alpha value is -1.62. The Morgan fingerprint density at radius 2 is 2.14 bits per heavy atom. The molecule has 1 aliphatic rings. The molecular formula is C16H24N2O3. The number of nitrogens with zero attached hydrogens (tertiary/aromatic N) is 1. The molecule has 1 N–H and O–H groups in total. The maximum Gasteiger partial charge on any atom is 0.226 e. The van der Waals surface area contributed by atoms with Crippen LogP contribution in [0.15, 0.2) is 18.3 Å². The van der Waals surface area contributed by atoms with Crippen LogP contribution < -0.4 is 10.1 Å². The number of methoxy groups -OCH3 is 2. The molecule has 1 saturated carbocycles. The van der Waals surface area contributed by atoms with Crippen LogP contribution in [0.5, 0.6) is 5.75 Å². The van der Waals surface area contributed by atoms with Crippen molar-refractivity contribution in [2.24, 2.45) is 5.41 Å². The topological polar surface area (TPSA) is 60.5 Å². The third-order valence-corrected chi connectivity index (χ3v) is 5.01. The lowest BCUT2D eigenvalue weighted by atomic mass is 9.56. The third kappa shape index (κ3) is 2.75. The highest BCUT2D eigenvalue weighted by molar-refractivity contribution is 5.79. The van der Waals surface area contributed by atoms with Gasteiger partial charge in [-0.05, 0) is 25.5 Å². The molecule has 0 spiro atoms. The maximum absolute atomic E-state index is 12.2. The van der Waals surface area contributed by atoms with Crippen molar-refractivity contribution in [1.29, 1.82) is 0 Å². The van der Waals surface area contributed by atoms with Gasteiger partial charge in [0, 0.05) is 24.8 Å². The number of hydrogen-bond acceptors (Lipinski definition) is 4. The number of carbonyl (C=O) groups is 1. The van der Waals surface area contributed by atoms with E-state index in [2.05, 4.69) is 31.1 Å². The van der Waals surface area contributed by atoms with Crippen LogP contribution >= 0.6 is 0 Å². The highest BCUT2D eigenvalue weighted by atomic mass is 16.5. The third-order valence-electron chi connectivity index (χ3n) is 5.01. The summed E-state index contributed by atoms with van der Waals surface area (Å²) in [5.74, 6) is 0.602. The van der Waals surface area contributed by atoms with Crippen molar-refractivity contribution in [2.45, 2.75) is 45.3 Å². The van der Waals surface area contributed by atoms with Crippen molar-refractivity contribution in [1.82, 2.24) is 10.3 Å². The Labute approximate surface area is 126 Å². The van der Waals surface area contributed by atoms with E-state index in [1.165, 1.54) is 0 Å². The van der Waals surface area contributed by atoms with Crippen molar-refractivity contribution in [3.63, 3.8) is 0 Å². The molecule has 0 aliphatic heterocycles. The van der Waals surface area contributed by atoms with E-state index >= 15 is 0 Å². The zero-order valence-electron chi connectivity index (χ0n) is 13.4. The van der Waals surface area contributed by atoms with Crippen molar-refractivity contribution in [2.75, 3.05) is 14.2 Å². The van der Waals surface area contributed by atoms with Gasteiger partial charge in [-0.15, -0.1) is 0 Å². The van der Waals surface area contributed by atoms with E-state index in [0.29, 0.717) is 11.4 Å². The van der Waals surface area contributed by atoms with Crippen molar-refractivity contribution >= 4 is 5.91 Å². The highest BCUT2D eigenvalue weighted by Crippen LogP contribution is 2.51. The van der Waals surface area contributed by atoms with Gasteiger partial charge in [-0.3, -0.25) is 9.78 Å². The molecule has 116 valence electrons. The number of carbonyl (C=O) groups excluding carboxylic acids is 1. The average molecular weight is 292 g/mol. The van der Waals surface area contributed by atoms with E-state index in [4.69, 9.17) is 9.47 Å². The molecule has 5 nitrogen and oxygen atoms in total. The van der Waals surface area contributed by atoms with Gasteiger partial charge in [0.05, 0.1) is 24.8 Å². The maximum atomic E-state index is 12.2. The largest absolute Gasteiger partial charge is 0.495 e. The monoisotopic (exact) mass is 292 g/mol. The van der Waals surface area contributed by atoms with E-state index in [-0.39, 0.29) is 29.4 Å². The average Bonchev–Trinajstić information content (AvgIpc) is 2.47. The Morgan fingerprint density at radius 3 is 2.71 bits per heavy atom. The molecule has 2 unspecified atom stereocenters. The van der Waals surface area contributed by atoms with Crippen LogP contribution in [0.4, 0.5) is 0 Å². The molecule has 2 atom stereocenters. The van der Waals surface area contributed by atoms with E-state index in [1.54, 1.807) is 26.5 Å². The predicted molar refractivity (Wildman–Crippen MR) is 80.2 cm³/mol. The molecule has 1 heterocycles. The molecule has 1 aromatic heterocycles. The van der Waals surface area contributed by atoms with Crippen LogP contribution in [0.3, 0.4) is 0 Å². The summed E-state index contributed by atoms with van der Waals surface area (Å²) in [6.07, 6.45) is 2.71. The standard InChI is InChI=1S/C16H24N2O3/c1-15(2)13(10-16(15,3)21-5)18-14(19)9-11-12(20-4)7-6-8-17-11/h6-8,13H,9-10H2,1-5H3,(H,18,19). The van der Waals surface area contributed by atoms with E-state index in [1.807, 2.05) is 6.07 Å². The molecule has 1 amide bonds. The SMILES string of the molecule is COc1cccnc1CC(=O)NC1CC(C)(OC)C1(C)C. The normalized spacial score (nSPS) is 26.8. The smallest absolute Gasteiger partial charge is 0.226 e. The van der Waals surface area contributed by atoms with Gasteiger partial charge in [-0.2, -0.15) is 0 Å². The number of nitrogens with one attached hydrogen (secondary N) is 1. The number of aromatic nitrogens is 1. The van der Waals surface area contributed by atoms with Gasteiger partial charge in [0.2, 0.25) is 5.91 Å². The molecule has 0 aromatic carbocycles. The summed E-state index contributed by atoms with van der Waals surface area (Å²) >= 11 is 0. The minimum Gasteiger partial charge on any atom is -0.495 e. The van der Waals surface area contributed by atoms with Gasteiger partial charge >= 0.3 is 0 Å². The molecular weight excluding hydrogens is 268 g/mol. The van der Waals surface area contributed by atoms with E-state index in [0.717, 1.165) is 6.42 Å². The fourth-order valence-corrected chi connectivity index (χ4v) is 2.86. The minimum absolute atomic E-state index is 0.0387. The Morgan fingerprint density at radius 1 is 1.43 bits per heavy atom. The van der Waals surface area contributed by atoms with Gasteiger partial charge in [-0.1, -0.05) is 13.8 Å². The highest BCUT2D eigenvalue weighted by Gasteiger charge is 2.58. The Bertz CT molecular complexity index is 530. The van der Waals surface area contributed by atoms with E-state index < -0.39 is 0 Å². The molecule has 0 radical (unpaired) electrons. The van der Waals surface area contributed by atoms with Crippen molar-refractivity contribution in [3.05, 3.63) is 24.0 Å². The number of hydrogen-bond donors (Lipinski definition) is 1. The summed E-state index contributed by atoms with van der Waals surface area (Å²) in [5.41, 5.74) is 0.378. The Balaban J connectivity index is 1.98. The van der Waals surface area contributed by atoms with Gasteiger partial charge in [0.1, 0.15) is 5.75 Å². The number of pyridine rings is 1. The first-order valence-corrected chi connectivity index (χ1v) is 7.16. The van der Waals surface area contributed by atoms with Crippen LogP contribution in [-0.4, -0.2) is 36.8 Å². The summed E-state index contributed by atoms with van der Waals surface area (Å²) in [5, 5.41) is 3.08. The van der Waals surface area contributed by atoms with Crippen LogP contribution in [0.25, 0.3) is 0 Å². The van der Waals surface area contributed by atoms with Gasteiger partial charge < -0.3 is 14.8 Å². The number of rotatable bonds is 5. The number of ether oxygens (including phenoxy) is 2. The fourth-order valence-electron chi connectivity index (χ4n) is 2.86. The van der Waals surface area contributed by atoms with Crippen LogP contribution in [-0.2, 0) is 16.0 Å². The molecule has 0 saturated heterocycles. The Kier molecular flexibility index (Phi) is 4.23. The number of amides is 1. The fraction of sp³-hybridized carbons (Fsp3) is 0.625. The van der Waals surface area contributed by atoms with Crippen molar-refractivity contribution in [3.8, 4) is 5.75 Å². The first-order chi connectivity index (χ1) is 9.84. The van der Waals surface area contributed by atoms with Gasteiger partial charge in [0.25, 0.3) is 0 Å². The van der Waals surface area contributed by atoms with Crippen LogP contribution in [0.2, 0.25) is 0 Å². The zero-order chi connectivity index (χ0) is 15.7. The second kappa shape index (κ2) is 5.64. The van der Waals surface area contributed by atoms with E-state index in [9.17, 15) is 4.79 Å². The zero-order valence-corrected chi connectivity index (χ0v) is 13.4. The first-order valence-electron chi connectivity index (χ1n) is 7.16. The van der Waals surface area contributed by atoms with Crippen LogP contribution in [0.1, 0.15) is 32.9 Å². The molecule has 5 heteroatoms. The molecule has 1 aliphatic carbocycles. The lowest BCUT2D eigenvalue weighted by molar-refractivity contribution is -0.182. The minimum atomic E-state index is -0.187. The summed E-state index contributed by atoms with van der Waals surface area (Å²) in [6.45, 7) is 6.32. The van der Waals surface area contributed by atoms with Gasteiger partial charge in [-0.25, -0.2) is 0 Å².